The summed E-state index contributed by atoms with van der Waals surface area (Å²) in [6, 6.07) is 0. The Morgan fingerprint density at radius 1 is 0.909 bits per heavy atom. The van der Waals surface area contributed by atoms with Crippen molar-refractivity contribution in [1.29, 1.82) is 0 Å². The van der Waals surface area contributed by atoms with Gasteiger partial charge in [-0.05, 0) is 30.3 Å². The van der Waals surface area contributed by atoms with Gasteiger partial charge in [0.2, 0.25) is 0 Å². The zero-order chi connectivity index (χ0) is 9.11. The van der Waals surface area contributed by atoms with Gasteiger partial charge in [-0.2, -0.15) is 11.8 Å². The highest BCUT2D eigenvalue weighted by Gasteiger charge is 2.06. The van der Waals surface area contributed by atoms with Gasteiger partial charge in [0.05, 0.1) is 0 Å². The lowest BCUT2D eigenvalue weighted by molar-refractivity contribution is 0.541. The molecule has 0 aromatic carbocycles. The molecule has 0 aromatic rings. The highest BCUT2D eigenvalue weighted by Crippen LogP contribution is 2.21. The van der Waals surface area contributed by atoms with Gasteiger partial charge in [-0.15, -0.1) is 0 Å². The Hall–Kier alpha value is 0.350. The second-order valence-electron chi connectivity index (χ2n) is 2.29. The summed E-state index contributed by atoms with van der Waals surface area (Å²) < 4.78 is 0. The van der Waals surface area contributed by atoms with E-state index in [1.165, 1.54) is 24.3 Å². The maximum Gasteiger partial charge on any atom is -0.00650 e. The molecule has 1 heteroatoms. The van der Waals surface area contributed by atoms with Crippen molar-refractivity contribution in [3.05, 3.63) is 0 Å². The van der Waals surface area contributed by atoms with Crippen LogP contribution in [0.1, 0.15) is 47.5 Å². The van der Waals surface area contributed by atoms with E-state index in [2.05, 4.69) is 18.7 Å². The Bertz CT molecular complexity index is 46.8. The third-order valence-electron chi connectivity index (χ3n) is 1.51. The van der Waals surface area contributed by atoms with Crippen LogP contribution < -0.4 is 0 Å². The molecule has 0 bridgehead atoms. The zero-order valence-electron chi connectivity index (χ0n) is 8.81. The van der Waals surface area contributed by atoms with Gasteiger partial charge in [-0.3, -0.25) is 0 Å². The number of hydrogen-bond acceptors (Lipinski definition) is 1. The van der Waals surface area contributed by atoms with Gasteiger partial charge in [0.1, 0.15) is 0 Å². The first-order chi connectivity index (χ1) is 5.39. The summed E-state index contributed by atoms with van der Waals surface area (Å²) in [5.41, 5.74) is 0. The Balaban J connectivity index is 0. The molecule has 0 N–H and O–H groups in total. The molecule has 11 heavy (non-hydrogen) atoms. The highest BCUT2D eigenvalue weighted by atomic mass is 32.2. The van der Waals surface area contributed by atoms with Crippen molar-refractivity contribution in [2.24, 2.45) is 5.92 Å². The Morgan fingerprint density at radius 2 is 1.27 bits per heavy atom. The molecule has 1 rings (SSSR count). The SMILES string of the molecule is CC.CC.CC1CCSCC1. The molecule has 1 aliphatic rings. The minimum atomic E-state index is 1.02. The van der Waals surface area contributed by atoms with Crippen molar-refractivity contribution >= 4 is 11.8 Å². The summed E-state index contributed by atoms with van der Waals surface area (Å²) in [5.74, 6) is 3.82. The van der Waals surface area contributed by atoms with Crippen LogP contribution in [0.15, 0.2) is 0 Å². The van der Waals surface area contributed by atoms with Crippen molar-refractivity contribution in [3.8, 4) is 0 Å². The van der Waals surface area contributed by atoms with Crippen molar-refractivity contribution in [3.63, 3.8) is 0 Å². The number of thioether (sulfide) groups is 1. The molecule has 0 unspecified atom stereocenters. The molecule has 70 valence electrons. The predicted octanol–water partition coefficient (Wildman–Crippen LogP) is 4.20. The van der Waals surface area contributed by atoms with E-state index in [-0.39, 0.29) is 0 Å². The van der Waals surface area contributed by atoms with Crippen LogP contribution in [-0.4, -0.2) is 11.5 Å². The van der Waals surface area contributed by atoms with Crippen LogP contribution in [0.2, 0.25) is 0 Å². The fourth-order valence-corrected chi connectivity index (χ4v) is 2.16. The first-order valence-electron chi connectivity index (χ1n) is 4.97. The van der Waals surface area contributed by atoms with Gasteiger partial charge in [-0.25, -0.2) is 0 Å². The van der Waals surface area contributed by atoms with E-state index in [9.17, 15) is 0 Å². The van der Waals surface area contributed by atoms with Gasteiger partial charge in [0.15, 0.2) is 0 Å². The van der Waals surface area contributed by atoms with Crippen LogP contribution in [0.4, 0.5) is 0 Å². The third-order valence-corrected chi connectivity index (χ3v) is 2.56. The van der Waals surface area contributed by atoms with Crippen LogP contribution in [0.25, 0.3) is 0 Å². The summed E-state index contributed by atoms with van der Waals surface area (Å²) >= 11 is 2.10. The maximum atomic E-state index is 2.35. The molecule has 0 spiro atoms. The summed E-state index contributed by atoms with van der Waals surface area (Å²) in [6.07, 6.45) is 2.90. The first kappa shape index (κ1) is 13.9. The van der Waals surface area contributed by atoms with Crippen LogP contribution >= 0.6 is 11.8 Å². The minimum absolute atomic E-state index is 1.02. The molecule has 1 heterocycles. The van der Waals surface area contributed by atoms with Gasteiger partial charge in [0.25, 0.3) is 0 Å². The third kappa shape index (κ3) is 10.4. The molecule has 0 saturated carbocycles. The fourth-order valence-electron chi connectivity index (χ4n) is 0.815. The summed E-state index contributed by atoms with van der Waals surface area (Å²) in [5, 5.41) is 0. The quantitative estimate of drug-likeness (QED) is 0.533. The molecule has 1 saturated heterocycles. The van der Waals surface area contributed by atoms with Gasteiger partial charge < -0.3 is 0 Å². The molecule has 0 amide bonds. The monoisotopic (exact) mass is 176 g/mol. The van der Waals surface area contributed by atoms with Crippen molar-refractivity contribution in [2.45, 2.75) is 47.5 Å². The number of rotatable bonds is 0. The zero-order valence-corrected chi connectivity index (χ0v) is 9.63. The molecule has 0 aromatic heterocycles. The second-order valence-corrected chi connectivity index (χ2v) is 3.52. The molecule has 0 radical (unpaired) electrons. The summed E-state index contributed by atoms with van der Waals surface area (Å²) in [6.45, 7) is 10.3. The second kappa shape index (κ2) is 13.0. The Labute approximate surface area is 77.2 Å². The summed E-state index contributed by atoms with van der Waals surface area (Å²) in [7, 11) is 0. The van der Waals surface area contributed by atoms with E-state index in [1.807, 2.05) is 27.7 Å². The normalized spacial score (nSPS) is 17.2. The van der Waals surface area contributed by atoms with Crippen LogP contribution in [-0.2, 0) is 0 Å². The van der Waals surface area contributed by atoms with E-state index in [4.69, 9.17) is 0 Å². The average molecular weight is 176 g/mol. The molecule has 1 aliphatic heterocycles. The molecular formula is C10H24S. The lowest BCUT2D eigenvalue weighted by Crippen LogP contribution is -2.04. The Kier molecular flexibility index (Phi) is 16.4. The topological polar surface area (TPSA) is 0 Å². The standard InChI is InChI=1S/C6H12S.2C2H6/c1-6-2-4-7-5-3-6;2*1-2/h6H,2-5H2,1H3;2*1-2H3. The minimum Gasteiger partial charge on any atom is -0.162 e. The van der Waals surface area contributed by atoms with E-state index in [0.29, 0.717) is 0 Å². The van der Waals surface area contributed by atoms with Gasteiger partial charge >= 0.3 is 0 Å². The van der Waals surface area contributed by atoms with E-state index in [0.717, 1.165) is 5.92 Å². The maximum absolute atomic E-state index is 2.35. The molecule has 0 nitrogen and oxygen atoms in total. The predicted molar refractivity (Wildman–Crippen MR) is 58.4 cm³/mol. The summed E-state index contributed by atoms with van der Waals surface area (Å²) in [4.78, 5) is 0. The van der Waals surface area contributed by atoms with E-state index < -0.39 is 0 Å². The largest absolute Gasteiger partial charge is 0.162 e. The van der Waals surface area contributed by atoms with Crippen molar-refractivity contribution < 1.29 is 0 Å². The van der Waals surface area contributed by atoms with Gasteiger partial charge in [0, 0.05) is 0 Å². The smallest absolute Gasteiger partial charge is 0.00650 e. The van der Waals surface area contributed by atoms with Crippen molar-refractivity contribution in [1.82, 2.24) is 0 Å². The molecule has 0 aliphatic carbocycles. The van der Waals surface area contributed by atoms with Crippen LogP contribution in [0.3, 0.4) is 0 Å². The lowest BCUT2D eigenvalue weighted by atomic mass is 10.1. The first-order valence-corrected chi connectivity index (χ1v) is 6.13. The van der Waals surface area contributed by atoms with Crippen LogP contribution in [0.5, 0.6) is 0 Å². The fraction of sp³-hybridized carbons (Fsp3) is 1.00. The van der Waals surface area contributed by atoms with Gasteiger partial charge in [-0.1, -0.05) is 34.6 Å². The molecule has 1 fully saturated rings. The lowest BCUT2D eigenvalue weighted by Gasteiger charge is -2.15. The molecule has 0 atom stereocenters. The van der Waals surface area contributed by atoms with E-state index in [1.54, 1.807) is 0 Å². The van der Waals surface area contributed by atoms with Crippen molar-refractivity contribution in [2.75, 3.05) is 11.5 Å². The van der Waals surface area contributed by atoms with Crippen LogP contribution in [0, 0.1) is 5.92 Å². The average Bonchev–Trinajstić information content (AvgIpc) is 2.13. The Morgan fingerprint density at radius 3 is 1.45 bits per heavy atom. The molecular weight excluding hydrogens is 152 g/mol. The number of hydrogen-bond donors (Lipinski definition) is 0. The van der Waals surface area contributed by atoms with E-state index >= 15 is 0 Å². The highest BCUT2D eigenvalue weighted by molar-refractivity contribution is 7.99.